The predicted molar refractivity (Wildman–Crippen MR) is 80.3 cm³/mol. The number of anilines is 1. The maximum absolute atomic E-state index is 4.44. The summed E-state index contributed by atoms with van der Waals surface area (Å²) in [4.78, 5) is 9.31. The summed E-state index contributed by atoms with van der Waals surface area (Å²) in [6, 6.07) is 4.93. The molecule has 1 fully saturated rings. The average Bonchev–Trinajstić information content (AvgIpc) is 2.73. The number of likely N-dealkylation sites (N-methyl/N-ethyl adjacent to an activating group) is 1. The molecule has 2 unspecified atom stereocenters. The number of nitrogens with one attached hydrogen (secondary N) is 1. The molecule has 1 aliphatic rings. The first-order chi connectivity index (χ1) is 9.10. The number of aromatic nitrogens is 1. The molecule has 2 rings (SSSR count). The van der Waals surface area contributed by atoms with Crippen LogP contribution in [0.2, 0.25) is 0 Å². The summed E-state index contributed by atoms with van der Waals surface area (Å²) >= 11 is 0. The lowest BCUT2D eigenvalue weighted by molar-refractivity contribution is 0.250. The number of hydrogen-bond donors (Lipinski definition) is 1. The molecule has 19 heavy (non-hydrogen) atoms. The topological polar surface area (TPSA) is 31.4 Å². The third-order valence-electron chi connectivity index (χ3n) is 3.90. The fourth-order valence-electron chi connectivity index (χ4n) is 2.91. The molecular weight excluding hydrogens is 236 g/mol. The summed E-state index contributed by atoms with van der Waals surface area (Å²) in [5.41, 5.74) is 1.30. The second-order valence-corrected chi connectivity index (χ2v) is 5.78. The van der Waals surface area contributed by atoms with Crippen molar-refractivity contribution in [2.45, 2.75) is 26.4 Å². The van der Waals surface area contributed by atoms with Crippen molar-refractivity contribution in [3.8, 4) is 0 Å². The summed E-state index contributed by atoms with van der Waals surface area (Å²) in [7, 11) is 4.36. The highest BCUT2D eigenvalue weighted by atomic mass is 15.2. The Morgan fingerprint density at radius 3 is 2.68 bits per heavy atom. The van der Waals surface area contributed by atoms with Gasteiger partial charge in [-0.1, -0.05) is 13.0 Å². The smallest absolute Gasteiger partial charge is 0.125 e. The Bertz CT molecular complexity index is 388. The van der Waals surface area contributed by atoms with E-state index >= 15 is 0 Å². The Balaban J connectivity index is 1.91. The molecule has 1 aliphatic heterocycles. The van der Waals surface area contributed by atoms with Crippen LogP contribution in [-0.4, -0.2) is 54.6 Å². The van der Waals surface area contributed by atoms with Gasteiger partial charge < -0.3 is 10.2 Å². The van der Waals surface area contributed by atoms with Crippen LogP contribution in [-0.2, 0) is 6.54 Å². The van der Waals surface area contributed by atoms with Crippen LogP contribution >= 0.6 is 0 Å². The van der Waals surface area contributed by atoms with E-state index in [0.717, 1.165) is 31.4 Å². The molecule has 2 heterocycles. The Kier molecular flexibility index (Phi) is 4.77. The molecule has 1 N–H and O–H groups in total. The Labute approximate surface area is 116 Å². The molecule has 2 atom stereocenters. The van der Waals surface area contributed by atoms with Crippen LogP contribution in [0.25, 0.3) is 0 Å². The van der Waals surface area contributed by atoms with E-state index in [2.05, 4.69) is 60.2 Å². The summed E-state index contributed by atoms with van der Waals surface area (Å²) in [6.45, 7) is 8.69. The highest BCUT2D eigenvalue weighted by molar-refractivity contribution is 5.35. The van der Waals surface area contributed by atoms with Crippen molar-refractivity contribution in [2.24, 2.45) is 5.92 Å². The zero-order valence-electron chi connectivity index (χ0n) is 12.6. The maximum Gasteiger partial charge on any atom is 0.125 e. The van der Waals surface area contributed by atoms with Crippen LogP contribution in [0.5, 0.6) is 0 Å². The van der Waals surface area contributed by atoms with Gasteiger partial charge >= 0.3 is 0 Å². The van der Waals surface area contributed by atoms with Crippen molar-refractivity contribution in [3.63, 3.8) is 0 Å². The molecule has 1 aromatic heterocycles. The minimum absolute atomic E-state index is 0.675. The van der Waals surface area contributed by atoms with Gasteiger partial charge in [0.05, 0.1) is 0 Å². The fraction of sp³-hybridized carbons (Fsp3) is 0.667. The number of pyridine rings is 1. The normalized spacial score (nSPS) is 24.1. The van der Waals surface area contributed by atoms with Crippen molar-refractivity contribution in [2.75, 3.05) is 39.0 Å². The Morgan fingerprint density at radius 2 is 2.16 bits per heavy atom. The molecule has 0 saturated carbocycles. The van der Waals surface area contributed by atoms with Gasteiger partial charge in [-0.3, -0.25) is 4.90 Å². The molecule has 0 bridgehead atoms. The molecule has 1 aromatic rings. The lowest BCUT2D eigenvalue weighted by Gasteiger charge is -2.22. The van der Waals surface area contributed by atoms with Gasteiger partial charge in [-0.2, -0.15) is 0 Å². The molecule has 4 heteroatoms. The quantitative estimate of drug-likeness (QED) is 0.878. The SMILES string of the molecule is CCNc1ccc(CN2CC(C)C(N(C)C)C2)cn1. The van der Waals surface area contributed by atoms with E-state index in [0.29, 0.717) is 6.04 Å². The first-order valence-electron chi connectivity index (χ1n) is 7.17. The molecule has 1 saturated heterocycles. The number of hydrogen-bond acceptors (Lipinski definition) is 4. The number of rotatable bonds is 5. The van der Waals surface area contributed by atoms with Crippen molar-refractivity contribution < 1.29 is 0 Å². The summed E-state index contributed by atoms with van der Waals surface area (Å²) in [5.74, 6) is 1.70. The van der Waals surface area contributed by atoms with E-state index in [1.807, 2.05) is 6.20 Å². The maximum atomic E-state index is 4.44. The fourth-order valence-corrected chi connectivity index (χ4v) is 2.91. The molecule has 0 amide bonds. The van der Waals surface area contributed by atoms with Crippen molar-refractivity contribution >= 4 is 5.82 Å². The second kappa shape index (κ2) is 6.35. The third-order valence-corrected chi connectivity index (χ3v) is 3.90. The second-order valence-electron chi connectivity index (χ2n) is 5.78. The lowest BCUT2D eigenvalue weighted by Crippen LogP contribution is -2.34. The van der Waals surface area contributed by atoms with Crippen LogP contribution in [0, 0.1) is 5.92 Å². The zero-order valence-corrected chi connectivity index (χ0v) is 12.6. The van der Waals surface area contributed by atoms with E-state index in [9.17, 15) is 0 Å². The van der Waals surface area contributed by atoms with Crippen LogP contribution in [0.3, 0.4) is 0 Å². The van der Waals surface area contributed by atoms with Gasteiger partial charge in [-0.05, 0) is 38.6 Å². The summed E-state index contributed by atoms with van der Waals surface area (Å²) < 4.78 is 0. The molecule has 106 valence electrons. The van der Waals surface area contributed by atoms with Gasteiger partial charge in [0.1, 0.15) is 5.82 Å². The minimum atomic E-state index is 0.675. The van der Waals surface area contributed by atoms with E-state index in [4.69, 9.17) is 0 Å². The van der Waals surface area contributed by atoms with Crippen LogP contribution in [0.4, 0.5) is 5.82 Å². The minimum Gasteiger partial charge on any atom is -0.370 e. The Morgan fingerprint density at radius 1 is 1.37 bits per heavy atom. The first kappa shape index (κ1) is 14.3. The van der Waals surface area contributed by atoms with Gasteiger partial charge in [0, 0.05) is 38.4 Å². The lowest BCUT2D eigenvalue weighted by atomic mass is 10.1. The Hall–Kier alpha value is -1.13. The number of nitrogens with zero attached hydrogens (tertiary/aromatic N) is 3. The number of likely N-dealkylation sites (tertiary alicyclic amines) is 1. The van der Waals surface area contributed by atoms with Gasteiger partial charge in [-0.15, -0.1) is 0 Å². The van der Waals surface area contributed by atoms with E-state index < -0.39 is 0 Å². The molecular formula is C15H26N4. The molecule has 0 spiro atoms. The van der Waals surface area contributed by atoms with Crippen molar-refractivity contribution in [3.05, 3.63) is 23.9 Å². The van der Waals surface area contributed by atoms with Gasteiger partial charge in [-0.25, -0.2) is 4.98 Å². The van der Waals surface area contributed by atoms with E-state index in [-0.39, 0.29) is 0 Å². The standard InChI is InChI=1S/C15H26N4/c1-5-16-15-7-6-13(8-17-15)10-19-9-12(2)14(11-19)18(3)4/h6-8,12,14H,5,9-11H2,1-4H3,(H,16,17). The zero-order chi connectivity index (χ0) is 13.8. The highest BCUT2D eigenvalue weighted by Gasteiger charge is 2.30. The van der Waals surface area contributed by atoms with E-state index in [1.165, 1.54) is 12.1 Å². The highest BCUT2D eigenvalue weighted by Crippen LogP contribution is 2.21. The first-order valence-corrected chi connectivity index (χ1v) is 7.17. The van der Waals surface area contributed by atoms with Gasteiger partial charge in [0.15, 0.2) is 0 Å². The molecule has 4 nitrogen and oxygen atoms in total. The van der Waals surface area contributed by atoms with Gasteiger partial charge in [0.2, 0.25) is 0 Å². The van der Waals surface area contributed by atoms with Crippen LogP contribution < -0.4 is 5.32 Å². The summed E-state index contributed by atoms with van der Waals surface area (Å²) in [6.07, 6.45) is 1.99. The predicted octanol–water partition coefficient (Wildman–Crippen LogP) is 1.90. The summed E-state index contributed by atoms with van der Waals surface area (Å²) in [5, 5.41) is 3.23. The van der Waals surface area contributed by atoms with Crippen LogP contribution in [0.1, 0.15) is 19.4 Å². The molecule has 0 radical (unpaired) electrons. The van der Waals surface area contributed by atoms with Crippen LogP contribution in [0.15, 0.2) is 18.3 Å². The van der Waals surface area contributed by atoms with Crippen molar-refractivity contribution in [1.29, 1.82) is 0 Å². The molecule has 0 aromatic carbocycles. The third kappa shape index (κ3) is 3.67. The average molecular weight is 262 g/mol. The molecule has 0 aliphatic carbocycles. The monoisotopic (exact) mass is 262 g/mol. The van der Waals surface area contributed by atoms with Gasteiger partial charge in [0.25, 0.3) is 0 Å². The largest absolute Gasteiger partial charge is 0.370 e. The van der Waals surface area contributed by atoms with E-state index in [1.54, 1.807) is 0 Å². The van der Waals surface area contributed by atoms with Crippen molar-refractivity contribution in [1.82, 2.24) is 14.8 Å².